The van der Waals surface area contributed by atoms with Crippen LogP contribution in [0.2, 0.25) is 0 Å². The van der Waals surface area contributed by atoms with Crippen LogP contribution in [-0.2, 0) is 6.18 Å². The Morgan fingerprint density at radius 1 is 1.42 bits per heavy atom. The van der Waals surface area contributed by atoms with Crippen molar-refractivity contribution in [2.75, 3.05) is 19.6 Å². The Kier molecular flexibility index (Phi) is 3.80. The molecule has 0 bridgehead atoms. The smallest absolute Gasteiger partial charge is 0.333 e. The van der Waals surface area contributed by atoms with Gasteiger partial charge in [0.05, 0.1) is 5.56 Å². The summed E-state index contributed by atoms with van der Waals surface area (Å²) in [5.74, 6) is -0.347. The third-order valence-electron chi connectivity index (χ3n) is 3.20. The lowest BCUT2D eigenvalue weighted by Crippen LogP contribution is -2.52. The quantitative estimate of drug-likeness (QED) is 0.849. The minimum Gasteiger partial charge on any atom is -0.333 e. The summed E-state index contributed by atoms with van der Waals surface area (Å²) in [6.07, 6.45) is -4.43. The van der Waals surface area contributed by atoms with E-state index in [4.69, 9.17) is 0 Å². The SMILES string of the molecule is C[C@H]1CNCCN1C(=O)c1cccc(C(F)(F)F)c1. The van der Waals surface area contributed by atoms with Crippen molar-refractivity contribution in [3.05, 3.63) is 35.4 Å². The highest BCUT2D eigenvalue weighted by atomic mass is 19.4. The largest absolute Gasteiger partial charge is 0.416 e. The van der Waals surface area contributed by atoms with Gasteiger partial charge in [0.2, 0.25) is 0 Å². The number of rotatable bonds is 1. The average molecular weight is 272 g/mol. The van der Waals surface area contributed by atoms with Crippen LogP contribution in [0.3, 0.4) is 0 Å². The molecule has 1 atom stereocenters. The lowest BCUT2D eigenvalue weighted by atomic mass is 10.1. The van der Waals surface area contributed by atoms with E-state index in [9.17, 15) is 18.0 Å². The predicted molar refractivity (Wildman–Crippen MR) is 64.8 cm³/mol. The molecule has 1 aliphatic heterocycles. The summed E-state index contributed by atoms with van der Waals surface area (Å²) < 4.78 is 37.8. The molecule has 0 unspecified atom stereocenters. The van der Waals surface area contributed by atoms with Crippen LogP contribution in [0.5, 0.6) is 0 Å². The number of carbonyl (C=O) groups is 1. The number of nitrogens with one attached hydrogen (secondary N) is 1. The van der Waals surface area contributed by atoms with E-state index in [-0.39, 0.29) is 17.5 Å². The number of alkyl halides is 3. The number of halogens is 3. The normalized spacial score (nSPS) is 20.4. The molecule has 1 saturated heterocycles. The molecular weight excluding hydrogens is 257 g/mol. The molecule has 1 aromatic rings. The standard InChI is InChI=1S/C13H15F3N2O/c1-9-8-17-5-6-18(9)12(19)10-3-2-4-11(7-10)13(14,15)16/h2-4,7,9,17H,5-6,8H2,1H3/t9-/m0/s1. The first kappa shape index (κ1) is 13.9. The van der Waals surface area contributed by atoms with E-state index in [2.05, 4.69) is 5.32 Å². The van der Waals surface area contributed by atoms with Crippen LogP contribution >= 0.6 is 0 Å². The Balaban J connectivity index is 2.24. The van der Waals surface area contributed by atoms with Gasteiger partial charge in [0.15, 0.2) is 0 Å². The van der Waals surface area contributed by atoms with Crippen LogP contribution in [0.25, 0.3) is 0 Å². The Morgan fingerprint density at radius 3 is 2.79 bits per heavy atom. The molecule has 0 aromatic heterocycles. The van der Waals surface area contributed by atoms with Gasteiger partial charge in [0.1, 0.15) is 0 Å². The van der Waals surface area contributed by atoms with E-state index in [0.717, 1.165) is 12.1 Å². The number of hydrogen-bond donors (Lipinski definition) is 1. The fourth-order valence-electron chi connectivity index (χ4n) is 2.14. The van der Waals surface area contributed by atoms with Gasteiger partial charge in [-0.2, -0.15) is 13.2 Å². The van der Waals surface area contributed by atoms with Crippen molar-refractivity contribution in [2.45, 2.75) is 19.1 Å². The molecule has 0 saturated carbocycles. The number of carbonyl (C=O) groups excluding carboxylic acids is 1. The van der Waals surface area contributed by atoms with Gasteiger partial charge in [-0.3, -0.25) is 4.79 Å². The first-order chi connectivity index (χ1) is 8.89. The number of piperazine rings is 1. The first-order valence-corrected chi connectivity index (χ1v) is 6.08. The van der Waals surface area contributed by atoms with Gasteiger partial charge < -0.3 is 10.2 Å². The Hall–Kier alpha value is -1.56. The van der Waals surface area contributed by atoms with Crippen molar-refractivity contribution in [2.24, 2.45) is 0 Å². The van der Waals surface area contributed by atoms with Crippen LogP contribution in [-0.4, -0.2) is 36.5 Å². The predicted octanol–water partition coefficient (Wildman–Crippen LogP) is 2.14. The van der Waals surface area contributed by atoms with Crippen molar-refractivity contribution in [3.8, 4) is 0 Å². The monoisotopic (exact) mass is 272 g/mol. The summed E-state index contributed by atoms with van der Waals surface area (Å²) in [4.78, 5) is 13.8. The summed E-state index contributed by atoms with van der Waals surface area (Å²) in [5, 5.41) is 3.13. The summed E-state index contributed by atoms with van der Waals surface area (Å²) in [7, 11) is 0. The Labute approximate surface area is 109 Å². The molecule has 1 heterocycles. The summed E-state index contributed by atoms with van der Waals surface area (Å²) in [6, 6.07) is 4.56. The summed E-state index contributed by atoms with van der Waals surface area (Å²) in [6.45, 7) is 3.70. The topological polar surface area (TPSA) is 32.3 Å². The van der Waals surface area contributed by atoms with Crippen LogP contribution in [0.1, 0.15) is 22.8 Å². The zero-order valence-electron chi connectivity index (χ0n) is 10.5. The zero-order chi connectivity index (χ0) is 14.0. The number of benzene rings is 1. The van der Waals surface area contributed by atoms with Crippen molar-refractivity contribution in [1.29, 1.82) is 0 Å². The maximum Gasteiger partial charge on any atom is 0.416 e. The molecule has 104 valence electrons. The second-order valence-electron chi connectivity index (χ2n) is 4.63. The van der Waals surface area contributed by atoms with E-state index in [1.165, 1.54) is 12.1 Å². The number of hydrogen-bond acceptors (Lipinski definition) is 2. The van der Waals surface area contributed by atoms with E-state index in [1.54, 1.807) is 4.90 Å². The van der Waals surface area contributed by atoms with E-state index < -0.39 is 11.7 Å². The fourth-order valence-corrected chi connectivity index (χ4v) is 2.14. The highest BCUT2D eigenvalue weighted by Crippen LogP contribution is 2.29. The highest BCUT2D eigenvalue weighted by Gasteiger charge is 2.32. The molecule has 19 heavy (non-hydrogen) atoms. The Morgan fingerprint density at radius 2 is 2.16 bits per heavy atom. The fraction of sp³-hybridized carbons (Fsp3) is 0.462. The lowest BCUT2D eigenvalue weighted by molar-refractivity contribution is -0.137. The minimum absolute atomic E-state index is 0.0178. The maximum absolute atomic E-state index is 12.6. The summed E-state index contributed by atoms with van der Waals surface area (Å²) in [5.41, 5.74) is -0.704. The van der Waals surface area contributed by atoms with Gasteiger partial charge in [0.25, 0.3) is 5.91 Å². The van der Waals surface area contributed by atoms with Gasteiger partial charge in [-0.25, -0.2) is 0 Å². The van der Waals surface area contributed by atoms with E-state index in [1.807, 2.05) is 6.92 Å². The van der Waals surface area contributed by atoms with Crippen LogP contribution < -0.4 is 5.32 Å². The second kappa shape index (κ2) is 5.21. The van der Waals surface area contributed by atoms with Gasteiger partial charge in [0, 0.05) is 31.2 Å². The molecule has 1 aliphatic rings. The maximum atomic E-state index is 12.6. The second-order valence-corrected chi connectivity index (χ2v) is 4.63. The third-order valence-corrected chi connectivity index (χ3v) is 3.20. The van der Waals surface area contributed by atoms with Crippen molar-refractivity contribution in [1.82, 2.24) is 10.2 Å². The molecule has 1 N–H and O–H groups in total. The molecule has 0 spiro atoms. The average Bonchev–Trinajstić information content (AvgIpc) is 2.38. The van der Waals surface area contributed by atoms with Gasteiger partial charge in [-0.05, 0) is 25.1 Å². The Bertz CT molecular complexity index is 473. The van der Waals surface area contributed by atoms with Gasteiger partial charge >= 0.3 is 6.18 Å². The molecule has 0 aliphatic carbocycles. The van der Waals surface area contributed by atoms with Gasteiger partial charge in [-0.1, -0.05) is 6.07 Å². The molecule has 2 rings (SSSR count). The van der Waals surface area contributed by atoms with Crippen molar-refractivity contribution in [3.63, 3.8) is 0 Å². The summed E-state index contributed by atoms with van der Waals surface area (Å²) >= 11 is 0. The van der Waals surface area contributed by atoms with E-state index >= 15 is 0 Å². The number of amides is 1. The molecular formula is C13H15F3N2O. The van der Waals surface area contributed by atoms with Crippen LogP contribution in [0.15, 0.2) is 24.3 Å². The number of nitrogens with zero attached hydrogens (tertiary/aromatic N) is 1. The molecule has 1 aromatic carbocycles. The van der Waals surface area contributed by atoms with Crippen LogP contribution in [0, 0.1) is 0 Å². The van der Waals surface area contributed by atoms with E-state index in [0.29, 0.717) is 19.6 Å². The van der Waals surface area contributed by atoms with Crippen molar-refractivity contribution >= 4 is 5.91 Å². The molecule has 3 nitrogen and oxygen atoms in total. The third kappa shape index (κ3) is 3.07. The molecule has 1 fully saturated rings. The molecule has 1 amide bonds. The van der Waals surface area contributed by atoms with Crippen LogP contribution in [0.4, 0.5) is 13.2 Å². The zero-order valence-corrected chi connectivity index (χ0v) is 10.5. The highest BCUT2D eigenvalue weighted by molar-refractivity contribution is 5.94. The lowest BCUT2D eigenvalue weighted by Gasteiger charge is -2.34. The van der Waals surface area contributed by atoms with Gasteiger partial charge in [-0.15, -0.1) is 0 Å². The molecule has 6 heteroatoms. The molecule has 0 radical (unpaired) electrons. The first-order valence-electron chi connectivity index (χ1n) is 6.08. The minimum atomic E-state index is -4.43. The van der Waals surface area contributed by atoms with Crippen molar-refractivity contribution < 1.29 is 18.0 Å².